The van der Waals surface area contributed by atoms with Crippen molar-refractivity contribution in [2.75, 3.05) is 25.7 Å². The van der Waals surface area contributed by atoms with Crippen molar-refractivity contribution in [2.45, 2.75) is 13.0 Å². The summed E-state index contributed by atoms with van der Waals surface area (Å²) in [5.41, 5.74) is 1.69. The molecule has 1 amide bonds. The fourth-order valence-corrected chi connectivity index (χ4v) is 5.44. The average molecular weight is 545 g/mol. The van der Waals surface area contributed by atoms with Crippen LogP contribution in [0, 0.1) is 0 Å². The van der Waals surface area contributed by atoms with Gasteiger partial charge < -0.3 is 19.3 Å². The van der Waals surface area contributed by atoms with Crippen LogP contribution in [0.15, 0.2) is 72.3 Å². The van der Waals surface area contributed by atoms with Gasteiger partial charge in [0.15, 0.2) is 5.13 Å². The lowest BCUT2D eigenvalue weighted by Crippen LogP contribution is -2.29. The van der Waals surface area contributed by atoms with Gasteiger partial charge in [-0.15, -0.1) is 0 Å². The molecule has 3 aromatic carbocycles. The van der Waals surface area contributed by atoms with E-state index in [-0.39, 0.29) is 16.5 Å². The van der Waals surface area contributed by atoms with Crippen LogP contribution in [-0.4, -0.2) is 48.6 Å². The second-order valence-corrected chi connectivity index (χ2v) is 9.58. The number of carbonyl (C=O) groups is 3. The van der Waals surface area contributed by atoms with Crippen LogP contribution in [0.25, 0.3) is 16.0 Å². The summed E-state index contributed by atoms with van der Waals surface area (Å²) in [5, 5.41) is 11.6. The summed E-state index contributed by atoms with van der Waals surface area (Å²) in [7, 11) is 2.80. The Kier molecular flexibility index (Phi) is 7.03. The molecule has 0 saturated carbocycles. The molecular weight excluding hydrogens is 520 g/mol. The molecular formula is C29H24N2O7S. The van der Waals surface area contributed by atoms with Gasteiger partial charge in [-0.2, -0.15) is 0 Å². The van der Waals surface area contributed by atoms with Crippen molar-refractivity contribution in [1.82, 2.24) is 4.98 Å². The number of thiazole rings is 1. The maximum Gasteiger partial charge on any atom is 0.337 e. The molecule has 0 bridgehead atoms. The van der Waals surface area contributed by atoms with Gasteiger partial charge in [-0.05, 0) is 67.1 Å². The lowest BCUT2D eigenvalue weighted by atomic mass is 9.94. The maximum atomic E-state index is 13.5. The number of carbonyl (C=O) groups excluding carboxylic acids is 3. The summed E-state index contributed by atoms with van der Waals surface area (Å²) in [5.74, 6) is -1.29. The van der Waals surface area contributed by atoms with E-state index < -0.39 is 23.7 Å². The van der Waals surface area contributed by atoms with E-state index >= 15 is 0 Å². The lowest BCUT2D eigenvalue weighted by molar-refractivity contribution is -0.132. The third kappa shape index (κ3) is 4.70. The zero-order valence-electron chi connectivity index (χ0n) is 21.3. The molecule has 1 N–H and O–H groups in total. The van der Waals surface area contributed by atoms with Crippen LogP contribution in [0.4, 0.5) is 5.13 Å². The summed E-state index contributed by atoms with van der Waals surface area (Å²) in [4.78, 5) is 44.8. The highest BCUT2D eigenvalue weighted by Crippen LogP contribution is 2.44. The molecule has 0 radical (unpaired) electrons. The summed E-state index contributed by atoms with van der Waals surface area (Å²) in [6, 6.07) is 17.2. The Morgan fingerprint density at radius 2 is 1.64 bits per heavy atom. The standard InChI is InChI=1S/C29H24N2O7S/c1-4-38-20-13-14-21-22(15-20)39-29(30-21)31-24(16-5-7-18(8-6-16)28(35)37-3)23(26(33)27(31)34)25(32)17-9-11-19(36-2)12-10-17/h5-15,24,32H,4H2,1-3H3/b25-23+/t24-/m1/s1. The molecule has 1 aromatic heterocycles. The van der Waals surface area contributed by atoms with Crippen LogP contribution >= 0.6 is 11.3 Å². The number of ether oxygens (including phenoxy) is 3. The van der Waals surface area contributed by atoms with Gasteiger partial charge in [0.1, 0.15) is 17.3 Å². The number of aliphatic hydroxyl groups excluding tert-OH is 1. The number of methoxy groups -OCH3 is 2. The third-order valence-electron chi connectivity index (χ3n) is 6.32. The first-order valence-corrected chi connectivity index (χ1v) is 12.8. The molecule has 1 aliphatic rings. The van der Waals surface area contributed by atoms with Gasteiger partial charge in [-0.25, -0.2) is 9.78 Å². The van der Waals surface area contributed by atoms with E-state index in [9.17, 15) is 19.5 Å². The summed E-state index contributed by atoms with van der Waals surface area (Å²) < 4.78 is 16.3. The monoisotopic (exact) mass is 544 g/mol. The Morgan fingerprint density at radius 1 is 0.974 bits per heavy atom. The number of Topliss-reactive ketones (excluding diaryl/α,β-unsaturated/α-hetero) is 1. The summed E-state index contributed by atoms with van der Waals surface area (Å²) in [6.07, 6.45) is 0. The first kappa shape index (κ1) is 25.9. The number of aromatic nitrogens is 1. The second kappa shape index (κ2) is 10.6. The first-order valence-electron chi connectivity index (χ1n) is 12.0. The van der Waals surface area contributed by atoms with Gasteiger partial charge in [0, 0.05) is 5.56 Å². The van der Waals surface area contributed by atoms with E-state index in [0.717, 1.165) is 4.70 Å². The molecule has 1 fully saturated rings. The van der Waals surface area contributed by atoms with E-state index in [2.05, 4.69) is 4.98 Å². The Bertz CT molecular complexity index is 1610. The van der Waals surface area contributed by atoms with E-state index in [4.69, 9.17) is 14.2 Å². The Hall–Kier alpha value is -4.70. The molecule has 39 heavy (non-hydrogen) atoms. The number of esters is 1. The van der Waals surface area contributed by atoms with Gasteiger partial charge in [-0.3, -0.25) is 14.5 Å². The average Bonchev–Trinajstić information content (AvgIpc) is 3.50. The molecule has 198 valence electrons. The summed E-state index contributed by atoms with van der Waals surface area (Å²) in [6.45, 7) is 2.38. The molecule has 1 atom stereocenters. The van der Waals surface area contributed by atoms with Crippen molar-refractivity contribution in [3.63, 3.8) is 0 Å². The molecule has 10 heteroatoms. The van der Waals surface area contributed by atoms with Crippen molar-refractivity contribution in [2.24, 2.45) is 0 Å². The molecule has 1 aliphatic heterocycles. The fourth-order valence-electron chi connectivity index (χ4n) is 4.42. The third-order valence-corrected chi connectivity index (χ3v) is 7.34. The minimum Gasteiger partial charge on any atom is -0.507 e. The molecule has 9 nitrogen and oxygen atoms in total. The normalized spacial score (nSPS) is 16.5. The number of nitrogens with zero attached hydrogens (tertiary/aromatic N) is 2. The summed E-state index contributed by atoms with van der Waals surface area (Å²) >= 11 is 1.23. The van der Waals surface area contributed by atoms with E-state index in [1.165, 1.54) is 30.5 Å². The molecule has 4 aromatic rings. The lowest BCUT2D eigenvalue weighted by Gasteiger charge is -2.23. The minimum atomic E-state index is -0.995. The van der Waals surface area contributed by atoms with Crippen molar-refractivity contribution in [3.05, 3.63) is 89.0 Å². The van der Waals surface area contributed by atoms with Crippen molar-refractivity contribution >= 4 is 50.1 Å². The smallest absolute Gasteiger partial charge is 0.337 e. The number of fused-ring (bicyclic) bond motifs is 1. The van der Waals surface area contributed by atoms with Crippen LogP contribution in [-0.2, 0) is 14.3 Å². The van der Waals surface area contributed by atoms with Crippen LogP contribution in [0.5, 0.6) is 11.5 Å². The highest BCUT2D eigenvalue weighted by Gasteiger charge is 2.48. The largest absolute Gasteiger partial charge is 0.507 e. The van der Waals surface area contributed by atoms with Gasteiger partial charge >= 0.3 is 11.9 Å². The molecule has 0 aliphatic carbocycles. The second-order valence-electron chi connectivity index (χ2n) is 8.57. The van der Waals surface area contributed by atoms with E-state index in [1.807, 2.05) is 13.0 Å². The quantitative estimate of drug-likeness (QED) is 0.148. The number of aliphatic hydroxyl groups is 1. The Labute approximate surface area is 227 Å². The van der Waals surface area contributed by atoms with Crippen LogP contribution in [0.3, 0.4) is 0 Å². The number of benzene rings is 3. The fraction of sp³-hybridized carbons (Fsp3) is 0.172. The van der Waals surface area contributed by atoms with Gasteiger partial charge in [0.25, 0.3) is 5.78 Å². The predicted molar refractivity (Wildman–Crippen MR) is 146 cm³/mol. The number of ketones is 1. The first-order chi connectivity index (χ1) is 18.9. The predicted octanol–water partition coefficient (Wildman–Crippen LogP) is 5.12. The topological polar surface area (TPSA) is 115 Å². The zero-order valence-corrected chi connectivity index (χ0v) is 22.2. The van der Waals surface area contributed by atoms with Crippen molar-refractivity contribution in [1.29, 1.82) is 0 Å². The number of hydrogen-bond acceptors (Lipinski definition) is 9. The number of hydrogen-bond donors (Lipinski definition) is 1. The van der Waals surface area contributed by atoms with Gasteiger partial charge in [-0.1, -0.05) is 23.5 Å². The van der Waals surface area contributed by atoms with E-state index in [0.29, 0.717) is 40.3 Å². The van der Waals surface area contributed by atoms with Gasteiger partial charge in [0.2, 0.25) is 0 Å². The number of amides is 1. The zero-order chi connectivity index (χ0) is 27.7. The highest BCUT2D eigenvalue weighted by molar-refractivity contribution is 7.22. The Balaban J connectivity index is 1.67. The van der Waals surface area contributed by atoms with E-state index in [1.54, 1.807) is 60.7 Å². The molecule has 2 heterocycles. The Morgan fingerprint density at radius 3 is 2.28 bits per heavy atom. The van der Waals surface area contributed by atoms with Crippen LogP contribution in [0.2, 0.25) is 0 Å². The molecule has 5 rings (SSSR count). The molecule has 0 unspecified atom stereocenters. The van der Waals surface area contributed by atoms with Crippen molar-refractivity contribution < 1.29 is 33.7 Å². The minimum absolute atomic E-state index is 0.0924. The maximum absolute atomic E-state index is 13.5. The highest BCUT2D eigenvalue weighted by atomic mass is 32.1. The number of anilines is 1. The van der Waals surface area contributed by atoms with Crippen molar-refractivity contribution in [3.8, 4) is 11.5 Å². The van der Waals surface area contributed by atoms with Gasteiger partial charge in [0.05, 0.1) is 48.2 Å². The SMILES string of the molecule is CCOc1ccc2nc(N3C(=O)C(=O)/C(=C(/O)c4ccc(OC)cc4)[C@H]3c3ccc(C(=O)OC)cc3)sc2c1. The molecule has 1 saturated heterocycles. The van der Waals surface area contributed by atoms with Crippen LogP contribution in [0.1, 0.15) is 34.5 Å². The molecule has 0 spiro atoms. The van der Waals surface area contributed by atoms with Crippen LogP contribution < -0.4 is 14.4 Å². The number of rotatable bonds is 7.